The molecule has 3 aliphatic rings. The van der Waals surface area contributed by atoms with Crippen LogP contribution in [0.5, 0.6) is 5.75 Å². The number of ether oxygens (including phenoxy) is 1. The van der Waals surface area contributed by atoms with Gasteiger partial charge in [-0.1, -0.05) is 56.9 Å². The van der Waals surface area contributed by atoms with Gasteiger partial charge in [-0.3, -0.25) is 19.3 Å². The Bertz CT molecular complexity index is 1280. The normalized spacial score (nSPS) is 21.6. The zero-order valence-electron chi connectivity index (χ0n) is 26.2. The highest BCUT2D eigenvalue weighted by molar-refractivity contribution is 6.00. The molecule has 2 saturated heterocycles. The number of hydrogen-bond donors (Lipinski definition) is 3. The maximum atomic E-state index is 13.9. The molecule has 3 N–H and O–H groups in total. The highest BCUT2D eigenvalue weighted by Crippen LogP contribution is 2.36. The molecule has 1 aliphatic carbocycles. The van der Waals surface area contributed by atoms with Crippen molar-refractivity contribution in [2.75, 3.05) is 26.7 Å². The molecule has 238 valence electrons. The van der Waals surface area contributed by atoms with E-state index in [1.165, 1.54) is 6.42 Å². The van der Waals surface area contributed by atoms with Gasteiger partial charge in [-0.05, 0) is 73.4 Å². The van der Waals surface area contributed by atoms with Gasteiger partial charge in [0.05, 0.1) is 6.10 Å². The van der Waals surface area contributed by atoms with Crippen molar-refractivity contribution in [2.24, 2.45) is 5.92 Å². The van der Waals surface area contributed by atoms with Gasteiger partial charge in [0.2, 0.25) is 11.8 Å². The van der Waals surface area contributed by atoms with Crippen molar-refractivity contribution >= 4 is 17.7 Å². The highest BCUT2D eigenvalue weighted by Gasteiger charge is 2.55. The van der Waals surface area contributed by atoms with E-state index in [4.69, 9.17) is 4.74 Å². The SMILES string of the molecule is CCCCN1C(=O)[C@@H]([C@H](O)C2CCCCC2)NC(=O)C12CCN(Cc1cccc(OCc3ccc(C(=O)NC)cc3)c1)CC2. The summed E-state index contributed by atoms with van der Waals surface area (Å²) < 4.78 is 6.05. The van der Waals surface area contributed by atoms with Crippen LogP contribution in [0.4, 0.5) is 0 Å². The van der Waals surface area contributed by atoms with Crippen molar-refractivity contribution in [1.82, 2.24) is 20.4 Å². The molecule has 5 rings (SSSR count). The summed E-state index contributed by atoms with van der Waals surface area (Å²) in [7, 11) is 1.61. The van der Waals surface area contributed by atoms with Gasteiger partial charge in [-0.2, -0.15) is 0 Å². The van der Waals surface area contributed by atoms with Crippen LogP contribution in [-0.2, 0) is 22.7 Å². The predicted octanol–water partition coefficient (Wildman–Crippen LogP) is 4.03. The molecular weight excluding hydrogens is 556 g/mol. The van der Waals surface area contributed by atoms with Crippen LogP contribution >= 0.6 is 0 Å². The third-order valence-electron chi connectivity index (χ3n) is 9.80. The Hall–Kier alpha value is -3.43. The monoisotopic (exact) mass is 604 g/mol. The summed E-state index contributed by atoms with van der Waals surface area (Å²) in [6.45, 7) is 5.16. The fourth-order valence-electron chi connectivity index (χ4n) is 7.09. The standard InChI is InChI=1S/C35H48N4O5/c1-3-4-19-39-33(42)30(31(40)27-10-6-5-7-11-27)37-34(43)35(39)17-20-38(21-18-35)23-26-9-8-12-29(22-26)44-24-25-13-15-28(16-14-25)32(41)36-2/h8-9,12-16,22,27,30-31,40H,3-7,10-11,17-21,23-24H2,1-2H3,(H,36,41)(H,37,43)/t30-,31-/m1/s1. The van der Waals surface area contributed by atoms with Crippen LogP contribution in [0.15, 0.2) is 48.5 Å². The molecule has 3 amide bonds. The van der Waals surface area contributed by atoms with E-state index in [9.17, 15) is 19.5 Å². The number of piperidine rings is 1. The summed E-state index contributed by atoms with van der Waals surface area (Å²) in [6, 6.07) is 14.6. The number of rotatable bonds is 11. The fourth-order valence-corrected chi connectivity index (χ4v) is 7.09. The quantitative estimate of drug-likeness (QED) is 0.357. The fraction of sp³-hybridized carbons (Fsp3) is 0.571. The van der Waals surface area contributed by atoms with E-state index in [0.29, 0.717) is 44.6 Å². The molecule has 3 fully saturated rings. The van der Waals surface area contributed by atoms with Crippen LogP contribution in [0.2, 0.25) is 0 Å². The highest BCUT2D eigenvalue weighted by atomic mass is 16.5. The molecule has 0 radical (unpaired) electrons. The maximum absolute atomic E-state index is 13.9. The lowest BCUT2D eigenvalue weighted by atomic mass is 9.78. The minimum absolute atomic E-state index is 0.0660. The minimum atomic E-state index is -0.857. The van der Waals surface area contributed by atoms with Gasteiger partial charge >= 0.3 is 0 Å². The average molecular weight is 605 g/mol. The number of nitrogens with zero attached hydrogens (tertiary/aromatic N) is 2. The van der Waals surface area contributed by atoms with E-state index in [-0.39, 0.29) is 23.6 Å². The molecular formula is C35H48N4O5. The number of amides is 3. The molecule has 1 saturated carbocycles. The van der Waals surface area contributed by atoms with Gasteiger partial charge in [-0.15, -0.1) is 0 Å². The molecule has 9 nitrogen and oxygen atoms in total. The molecule has 2 aromatic carbocycles. The summed E-state index contributed by atoms with van der Waals surface area (Å²) >= 11 is 0. The van der Waals surface area contributed by atoms with Crippen molar-refractivity contribution < 1.29 is 24.2 Å². The van der Waals surface area contributed by atoms with E-state index < -0.39 is 17.7 Å². The average Bonchev–Trinajstić information content (AvgIpc) is 3.06. The number of carbonyl (C=O) groups is 3. The number of aliphatic hydroxyl groups excluding tert-OH is 1. The number of benzene rings is 2. The largest absolute Gasteiger partial charge is 0.489 e. The van der Waals surface area contributed by atoms with Crippen LogP contribution < -0.4 is 15.4 Å². The zero-order chi connectivity index (χ0) is 31.1. The van der Waals surface area contributed by atoms with E-state index in [2.05, 4.69) is 28.5 Å². The van der Waals surface area contributed by atoms with Crippen LogP contribution in [0.3, 0.4) is 0 Å². The van der Waals surface area contributed by atoms with Crippen molar-refractivity contribution in [3.8, 4) is 5.75 Å². The van der Waals surface area contributed by atoms with E-state index in [0.717, 1.165) is 61.9 Å². The summed E-state index contributed by atoms with van der Waals surface area (Å²) in [5.74, 6) is 0.508. The number of piperazine rings is 1. The minimum Gasteiger partial charge on any atom is -0.489 e. The van der Waals surface area contributed by atoms with E-state index in [1.807, 2.05) is 35.2 Å². The van der Waals surface area contributed by atoms with Gasteiger partial charge in [0, 0.05) is 38.8 Å². The first kappa shape index (κ1) is 32.0. The van der Waals surface area contributed by atoms with E-state index >= 15 is 0 Å². The van der Waals surface area contributed by atoms with Crippen molar-refractivity contribution in [3.05, 3.63) is 65.2 Å². The van der Waals surface area contributed by atoms with Gasteiger partial charge < -0.3 is 25.4 Å². The summed E-state index contributed by atoms with van der Waals surface area (Å²) in [4.78, 5) is 43.6. The second-order valence-electron chi connectivity index (χ2n) is 12.7. The molecule has 0 aromatic heterocycles. The van der Waals surface area contributed by atoms with Crippen molar-refractivity contribution in [3.63, 3.8) is 0 Å². The van der Waals surface area contributed by atoms with Gasteiger partial charge in [0.15, 0.2) is 0 Å². The predicted molar refractivity (Wildman–Crippen MR) is 169 cm³/mol. The Kier molecular flexibility index (Phi) is 10.6. The van der Waals surface area contributed by atoms with Crippen LogP contribution in [0.1, 0.15) is 86.2 Å². The topological polar surface area (TPSA) is 111 Å². The number of aliphatic hydroxyl groups is 1. The molecule has 0 unspecified atom stereocenters. The third-order valence-corrected chi connectivity index (χ3v) is 9.80. The first-order chi connectivity index (χ1) is 21.3. The molecule has 2 atom stereocenters. The number of nitrogens with one attached hydrogen (secondary N) is 2. The number of carbonyl (C=O) groups excluding carboxylic acids is 3. The van der Waals surface area contributed by atoms with Crippen LogP contribution in [-0.4, -0.2) is 77.0 Å². The Labute approximate surface area is 261 Å². The molecule has 9 heteroatoms. The number of hydrogen-bond acceptors (Lipinski definition) is 6. The van der Waals surface area contributed by atoms with Crippen LogP contribution in [0.25, 0.3) is 0 Å². The third kappa shape index (κ3) is 7.10. The second-order valence-corrected chi connectivity index (χ2v) is 12.7. The lowest BCUT2D eigenvalue weighted by Crippen LogP contribution is -2.75. The summed E-state index contributed by atoms with van der Waals surface area (Å²) in [5, 5.41) is 16.8. The van der Waals surface area contributed by atoms with Crippen molar-refractivity contribution in [2.45, 2.75) is 95.5 Å². The van der Waals surface area contributed by atoms with Gasteiger partial charge in [0.1, 0.15) is 23.9 Å². The smallest absolute Gasteiger partial charge is 0.251 e. The number of likely N-dealkylation sites (tertiary alicyclic amines) is 1. The van der Waals surface area contributed by atoms with Gasteiger partial charge in [0.25, 0.3) is 5.91 Å². The molecule has 2 aliphatic heterocycles. The lowest BCUT2D eigenvalue weighted by molar-refractivity contribution is -0.166. The van der Waals surface area contributed by atoms with E-state index in [1.54, 1.807) is 19.2 Å². The molecule has 2 aromatic rings. The molecule has 1 spiro atoms. The zero-order valence-corrected chi connectivity index (χ0v) is 26.2. The Morgan fingerprint density at radius 1 is 1.07 bits per heavy atom. The van der Waals surface area contributed by atoms with Gasteiger partial charge in [-0.25, -0.2) is 0 Å². The Morgan fingerprint density at radius 2 is 1.80 bits per heavy atom. The summed E-state index contributed by atoms with van der Waals surface area (Å²) in [6.07, 6.45) is 7.21. The Morgan fingerprint density at radius 3 is 2.48 bits per heavy atom. The number of unbranched alkanes of at least 4 members (excludes halogenated alkanes) is 1. The molecule has 0 bridgehead atoms. The first-order valence-corrected chi connectivity index (χ1v) is 16.4. The maximum Gasteiger partial charge on any atom is 0.251 e. The molecule has 2 heterocycles. The Balaban J connectivity index is 1.19. The second kappa shape index (κ2) is 14.6. The van der Waals surface area contributed by atoms with Crippen molar-refractivity contribution in [1.29, 1.82) is 0 Å². The first-order valence-electron chi connectivity index (χ1n) is 16.4. The summed E-state index contributed by atoms with van der Waals surface area (Å²) in [5.41, 5.74) is 1.85. The van der Waals surface area contributed by atoms with Crippen LogP contribution in [0, 0.1) is 5.92 Å². The molecule has 44 heavy (non-hydrogen) atoms. The lowest BCUT2D eigenvalue weighted by Gasteiger charge is -2.52.